The van der Waals surface area contributed by atoms with Crippen LogP contribution in [0, 0.1) is 0 Å². The first-order chi connectivity index (χ1) is 10.2. The third-order valence-corrected chi connectivity index (χ3v) is 4.75. The van der Waals surface area contributed by atoms with E-state index in [4.69, 9.17) is 11.6 Å². The van der Waals surface area contributed by atoms with Gasteiger partial charge >= 0.3 is 6.18 Å². The van der Waals surface area contributed by atoms with Crippen LogP contribution in [0.1, 0.15) is 18.9 Å². The van der Waals surface area contributed by atoms with Crippen LogP contribution in [0.3, 0.4) is 0 Å². The van der Waals surface area contributed by atoms with Gasteiger partial charge in [0.2, 0.25) is 0 Å². The van der Waals surface area contributed by atoms with E-state index in [0.29, 0.717) is 0 Å². The van der Waals surface area contributed by atoms with Gasteiger partial charge in [-0.3, -0.25) is 4.79 Å². The van der Waals surface area contributed by atoms with Gasteiger partial charge in [-0.05, 0) is 42.7 Å². The van der Waals surface area contributed by atoms with E-state index >= 15 is 0 Å². The van der Waals surface area contributed by atoms with Gasteiger partial charge in [0.05, 0.1) is 0 Å². The Kier molecular flexibility index (Phi) is 3.22. The number of anilines is 1. The summed E-state index contributed by atoms with van der Waals surface area (Å²) >= 11 is 5.89. The van der Waals surface area contributed by atoms with Gasteiger partial charge in [-0.1, -0.05) is 11.6 Å². The van der Waals surface area contributed by atoms with Crippen molar-refractivity contribution in [1.82, 2.24) is 4.90 Å². The summed E-state index contributed by atoms with van der Waals surface area (Å²) in [4.78, 5) is 13.7. The van der Waals surface area contributed by atoms with Crippen LogP contribution >= 0.6 is 11.6 Å². The molecule has 118 valence electrons. The molecule has 0 aromatic heterocycles. The predicted molar refractivity (Wildman–Crippen MR) is 77.8 cm³/mol. The van der Waals surface area contributed by atoms with Gasteiger partial charge < -0.3 is 10.2 Å². The quantitative estimate of drug-likeness (QED) is 0.786. The van der Waals surface area contributed by atoms with Crippen LogP contribution in [0.5, 0.6) is 0 Å². The minimum Gasteiger partial charge on any atom is -0.351 e. The molecule has 0 spiro atoms. The number of rotatable bonds is 0. The second-order valence-corrected chi connectivity index (χ2v) is 6.20. The average Bonchev–Trinajstić information content (AvgIpc) is 2.43. The first-order valence-electron chi connectivity index (χ1n) is 6.79. The van der Waals surface area contributed by atoms with Gasteiger partial charge in [0.15, 0.2) is 0 Å². The van der Waals surface area contributed by atoms with Gasteiger partial charge in [0.1, 0.15) is 11.1 Å². The molecular weight excluding hydrogens is 317 g/mol. The number of fused-ring (bicyclic) bond motifs is 1. The number of nitrogens with zero attached hydrogens (tertiary/aromatic N) is 1. The second kappa shape index (κ2) is 4.65. The lowest BCUT2D eigenvalue weighted by molar-refractivity contribution is -0.175. The number of halogens is 4. The Hall–Kier alpha value is -1.69. The summed E-state index contributed by atoms with van der Waals surface area (Å²) in [7, 11) is 1.58. The topological polar surface area (TPSA) is 32.3 Å². The first-order valence-corrected chi connectivity index (χ1v) is 7.17. The Labute approximate surface area is 130 Å². The van der Waals surface area contributed by atoms with E-state index in [0.717, 1.165) is 6.92 Å². The summed E-state index contributed by atoms with van der Waals surface area (Å²) in [6.45, 7) is 1.39. The number of hydrogen-bond donors (Lipinski definition) is 1. The maximum absolute atomic E-state index is 13.9. The highest BCUT2D eigenvalue weighted by molar-refractivity contribution is 6.30. The predicted octanol–water partition coefficient (Wildman–Crippen LogP) is 3.70. The lowest BCUT2D eigenvalue weighted by Crippen LogP contribution is -2.50. The summed E-state index contributed by atoms with van der Waals surface area (Å²) in [6.07, 6.45) is -4.35. The molecule has 1 amide bonds. The Balaban J connectivity index is 2.30. The van der Waals surface area contributed by atoms with Gasteiger partial charge in [0, 0.05) is 24.3 Å². The summed E-state index contributed by atoms with van der Waals surface area (Å²) in [5.41, 5.74) is -1.78. The highest BCUT2D eigenvalue weighted by atomic mass is 35.5. The van der Waals surface area contributed by atoms with Crippen LogP contribution in [0.4, 0.5) is 18.9 Å². The molecule has 3 nitrogen and oxygen atoms in total. The first kappa shape index (κ1) is 15.2. The lowest BCUT2D eigenvalue weighted by Gasteiger charge is -2.44. The van der Waals surface area contributed by atoms with Crippen molar-refractivity contribution in [2.45, 2.75) is 24.9 Å². The van der Waals surface area contributed by atoms with Crippen LogP contribution < -0.4 is 5.32 Å². The molecule has 0 saturated heterocycles. The van der Waals surface area contributed by atoms with E-state index in [-0.39, 0.29) is 40.5 Å². The summed E-state index contributed by atoms with van der Waals surface area (Å²) < 4.78 is 41.7. The Morgan fingerprint density at radius 1 is 1.36 bits per heavy atom. The third-order valence-electron chi connectivity index (χ3n) is 4.51. The van der Waals surface area contributed by atoms with Gasteiger partial charge in [-0.2, -0.15) is 13.2 Å². The molecule has 0 radical (unpaired) electrons. The highest BCUT2D eigenvalue weighted by Gasteiger charge is 2.59. The van der Waals surface area contributed by atoms with Crippen LogP contribution in [0.25, 0.3) is 0 Å². The number of amides is 1. The average molecular weight is 331 g/mol. The smallest absolute Gasteiger partial charge is 0.351 e. The fourth-order valence-corrected chi connectivity index (χ4v) is 3.29. The molecule has 22 heavy (non-hydrogen) atoms. The molecule has 2 aliphatic heterocycles. The van der Waals surface area contributed by atoms with Crippen molar-refractivity contribution in [2.24, 2.45) is 0 Å². The summed E-state index contributed by atoms with van der Waals surface area (Å²) in [5, 5.41) is 3.10. The molecule has 7 heteroatoms. The Morgan fingerprint density at radius 2 is 2.05 bits per heavy atom. The monoisotopic (exact) mass is 330 g/mol. The van der Waals surface area contributed by atoms with Crippen LogP contribution in [-0.4, -0.2) is 30.6 Å². The zero-order chi connectivity index (χ0) is 16.3. The van der Waals surface area contributed by atoms with Crippen molar-refractivity contribution < 1.29 is 18.0 Å². The van der Waals surface area contributed by atoms with Crippen molar-refractivity contribution in [1.29, 1.82) is 0 Å². The third kappa shape index (κ3) is 1.93. The van der Waals surface area contributed by atoms with Crippen molar-refractivity contribution in [2.75, 3.05) is 18.9 Å². The van der Waals surface area contributed by atoms with Gasteiger partial charge in [-0.15, -0.1) is 0 Å². The van der Waals surface area contributed by atoms with E-state index in [2.05, 4.69) is 5.32 Å². The molecule has 0 fully saturated rings. The molecule has 3 rings (SSSR count). The fraction of sp³-hybridized carbons (Fsp3) is 0.400. The van der Waals surface area contributed by atoms with E-state index < -0.39 is 17.5 Å². The van der Waals surface area contributed by atoms with Crippen LogP contribution in [0.2, 0.25) is 5.02 Å². The molecular formula is C15H14ClF3N2O. The number of alkyl halides is 3. The highest BCUT2D eigenvalue weighted by Crippen LogP contribution is 2.54. The Bertz CT molecular complexity index is 699. The summed E-state index contributed by atoms with van der Waals surface area (Å²) in [5.74, 6) is -0.419. The van der Waals surface area contributed by atoms with Crippen molar-refractivity contribution in [3.05, 3.63) is 40.1 Å². The van der Waals surface area contributed by atoms with E-state index in [9.17, 15) is 18.0 Å². The SMILES string of the molecule is CN1CCC2=C(Nc3ccc(Cl)cc3C2(C)C(F)(F)F)C1=O. The normalized spacial score (nSPS) is 24.8. The number of carbonyl (C=O) groups is 1. The molecule has 0 bridgehead atoms. The van der Waals surface area contributed by atoms with Crippen molar-refractivity contribution in [3.63, 3.8) is 0 Å². The van der Waals surface area contributed by atoms with Crippen molar-refractivity contribution in [3.8, 4) is 0 Å². The molecule has 1 atom stereocenters. The van der Waals surface area contributed by atoms with Gasteiger partial charge in [0.25, 0.3) is 5.91 Å². The number of carbonyl (C=O) groups excluding carboxylic acids is 1. The summed E-state index contributed by atoms with van der Waals surface area (Å²) in [6, 6.07) is 4.31. The largest absolute Gasteiger partial charge is 0.401 e. The van der Waals surface area contributed by atoms with Crippen molar-refractivity contribution >= 4 is 23.2 Å². The van der Waals surface area contributed by atoms with Crippen LogP contribution in [-0.2, 0) is 10.2 Å². The van der Waals surface area contributed by atoms with Crippen LogP contribution in [0.15, 0.2) is 29.5 Å². The Morgan fingerprint density at radius 3 is 2.68 bits per heavy atom. The molecule has 1 aromatic carbocycles. The van der Waals surface area contributed by atoms with Gasteiger partial charge in [-0.25, -0.2) is 0 Å². The molecule has 0 saturated carbocycles. The number of nitrogens with one attached hydrogen (secondary N) is 1. The molecule has 1 unspecified atom stereocenters. The van der Waals surface area contributed by atoms with E-state index in [1.807, 2.05) is 0 Å². The molecule has 2 heterocycles. The minimum atomic E-state index is -4.52. The molecule has 1 aromatic rings. The minimum absolute atomic E-state index is 0.0309. The number of benzene rings is 1. The standard InChI is InChI=1S/C15H14ClF3N2O/c1-14(15(17,18)19)9-5-6-21(2)13(22)12(9)20-11-4-3-8(16)7-10(11)14/h3-4,7,20H,5-6H2,1-2H3. The fourth-order valence-electron chi connectivity index (χ4n) is 3.12. The number of hydrogen-bond acceptors (Lipinski definition) is 2. The zero-order valence-corrected chi connectivity index (χ0v) is 12.8. The molecule has 0 aliphatic carbocycles. The second-order valence-electron chi connectivity index (χ2n) is 5.77. The molecule has 2 aliphatic rings. The van der Waals surface area contributed by atoms with E-state index in [1.54, 1.807) is 7.05 Å². The zero-order valence-electron chi connectivity index (χ0n) is 12.0. The number of likely N-dealkylation sites (N-methyl/N-ethyl adjacent to an activating group) is 1. The maximum atomic E-state index is 13.9. The van der Waals surface area contributed by atoms with E-state index in [1.165, 1.54) is 23.1 Å². The maximum Gasteiger partial charge on any atom is 0.401 e. The molecule has 1 N–H and O–H groups in total. The lowest BCUT2D eigenvalue weighted by atomic mass is 9.69.